The summed E-state index contributed by atoms with van der Waals surface area (Å²) in [6.07, 6.45) is 3.45. The smallest absolute Gasteiger partial charge is 0.314 e. The molecule has 1 saturated carbocycles. The van der Waals surface area contributed by atoms with E-state index < -0.39 is 0 Å². The number of nitrogens with zero attached hydrogens (tertiary/aromatic N) is 2. The van der Waals surface area contributed by atoms with Gasteiger partial charge in [0.1, 0.15) is 5.75 Å². The lowest BCUT2D eigenvalue weighted by molar-refractivity contribution is -0.140. The molecule has 7 heteroatoms. The number of hydrogen-bond acceptors (Lipinski definition) is 4. The molecule has 3 rings (SSSR count). The molecule has 6 nitrogen and oxygen atoms in total. The predicted octanol–water partition coefficient (Wildman–Crippen LogP) is 3.63. The van der Waals surface area contributed by atoms with Gasteiger partial charge in [0.05, 0.1) is 17.6 Å². The Morgan fingerprint density at radius 1 is 1.00 bits per heavy atom. The molecule has 4 N–H and O–H groups in total. The maximum atomic E-state index is 12.4. The number of hydrogen-bond donors (Lipinski definition) is 2. The van der Waals surface area contributed by atoms with E-state index in [4.69, 9.17) is 21.5 Å². The van der Waals surface area contributed by atoms with Gasteiger partial charge in [0.25, 0.3) is 0 Å². The van der Waals surface area contributed by atoms with Crippen LogP contribution in [-0.4, -0.2) is 18.5 Å². The molecule has 2 aromatic rings. The highest BCUT2D eigenvalue weighted by Gasteiger charge is 2.27. The summed E-state index contributed by atoms with van der Waals surface area (Å²) < 4.78 is 5.57. The van der Waals surface area contributed by atoms with Gasteiger partial charge in [-0.25, -0.2) is 0 Å². The molecule has 0 spiro atoms. The maximum Gasteiger partial charge on any atom is 0.314 e. The summed E-state index contributed by atoms with van der Waals surface area (Å²) in [4.78, 5) is 16.5. The molecule has 0 aliphatic heterocycles. The zero-order chi connectivity index (χ0) is 19.9. The Labute approximate surface area is 177 Å². The van der Waals surface area contributed by atoms with Crippen LogP contribution in [0, 0.1) is 23.2 Å². The Morgan fingerprint density at radius 2 is 1.55 bits per heavy atom. The van der Waals surface area contributed by atoms with Crippen molar-refractivity contribution < 1.29 is 9.53 Å². The number of carbonyl (C=O) groups is 1. The average Bonchev–Trinajstić information content (AvgIpc) is 2.73. The van der Waals surface area contributed by atoms with E-state index in [1.807, 2.05) is 24.3 Å². The molecule has 1 fully saturated rings. The minimum atomic E-state index is -0.175. The van der Waals surface area contributed by atoms with Crippen molar-refractivity contribution in [3.63, 3.8) is 0 Å². The standard InChI is InChI=1S/C22H24N4O2.ClH/c23-13-15-1-5-17(6-2-15)18-9-11-20(12-10-18)28-21(27)19-7-3-16(4-8-19)14-26-22(24)25;/h1-2,5-6,9-12,16,19H,3-4,7-8,14H2,(H4,24,25,26);1H. The van der Waals surface area contributed by atoms with E-state index in [-0.39, 0.29) is 30.3 Å². The number of benzene rings is 2. The van der Waals surface area contributed by atoms with Gasteiger partial charge >= 0.3 is 5.97 Å². The first-order valence-electron chi connectivity index (χ1n) is 9.43. The van der Waals surface area contributed by atoms with Gasteiger partial charge in [-0.3, -0.25) is 9.79 Å². The molecule has 29 heavy (non-hydrogen) atoms. The quantitative estimate of drug-likeness (QED) is 0.336. The van der Waals surface area contributed by atoms with Crippen LogP contribution in [-0.2, 0) is 4.79 Å². The molecule has 0 saturated heterocycles. The third-order valence-corrected chi connectivity index (χ3v) is 5.13. The van der Waals surface area contributed by atoms with Crippen molar-refractivity contribution in [2.24, 2.45) is 28.3 Å². The van der Waals surface area contributed by atoms with Crippen LogP contribution in [0.2, 0.25) is 0 Å². The van der Waals surface area contributed by atoms with E-state index in [9.17, 15) is 4.79 Å². The van der Waals surface area contributed by atoms with Crippen LogP contribution >= 0.6 is 12.4 Å². The van der Waals surface area contributed by atoms with Crippen LogP contribution in [0.1, 0.15) is 31.2 Å². The zero-order valence-electron chi connectivity index (χ0n) is 16.1. The van der Waals surface area contributed by atoms with Gasteiger partial charge in [-0.1, -0.05) is 24.3 Å². The first-order chi connectivity index (χ1) is 13.5. The van der Waals surface area contributed by atoms with E-state index in [0.717, 1.165) is 36.8 Å². The third kappa shape index (κ3) is 6.23. The van der Waals surface area contributed by atoms with Crippen LogP contribution in [0.3, 0.4) is 0 Å². The molecule has 1 aliphatic rings. The van der Waals surface area contributed by atoms with Gasteiger partial charge in [-0.15, -0.1) is 12.4 Å². The van der Waals surface area contributed by atoms with E-state index in [1.165, 1.54) is 0 Å². The number of rotatable bonds is 5. The lowest BCUT2D eigenvalue weighted by Gasteiger charge is -2.26. The fraction of sp³-hybridized carbons (Fsp3) is 0.318. The molecule has 152 valence electrons. The number of guanidine groups is 1. The Hall–Kier alpha value is -3.04. The van der Waals surface area contributed by atoms with Gasteiger partial charge in [0, 0.05) is 6.54 Å². The predicted molar refractivity (Wildman–Crippen MR) is 116 cm³/mol. The topological polar surface area (TPSA) is 114 Å². The Balaban J connectivity index is 0.00000300. The van der Waals surface area contributed by atoms with Crippen LogP contribution in [0.25, 0.3) is 11.1 Å². The summed E-state index contributed by atoms with van der Waals surface area (Å²) in [5.41, 5.74) is 13.4. The minimum absolute atomic E-state index is 0. The normalized spacial score (nSPS) is 18.0. The second-order valence-corrected chi connectivity index (χ2v) is 7.12. The summed E-state index contributed by atoms with van der Waals surface area (Å²) in [5, 5.41) is 8.88. The summed E-state index contributed by atoms with van der Waals surface area (Å²) >= 11 is 0. The van der Waals surface area contributed by atoms with Crippen LogP contribution in [0.4, 0.5) is 0 Å². The van der Waals surface area contributed by atoms with Crippen molar-refractivity contribution in [1.82, 2.24) is 0 Å². The number of ether oxygens (including phenoxy) is 1. The SMILES string of the molecule is Cl.N#Cc1ccc(-c2ccc(OC(=O)C3CCC(CN=C(N)N)CC3)cc2)cc1. The summed E-state index contributed by atoms with van der Waals surface area (Å²) in [6.45, 7) is 0.626. The van der Waals surface area contributed by atoms with Crippen molar-refractivity contribution in [2.75, 3.05) is 6.54 Å². The molecule has 0 heterocycles. The monoisotopic (exact) mass is 412 g/mol. The number of nitriles is 1. The number of carbonyl (C=O) groups excluding carboxylic acids is 1. The van der Waals surface area contributed by atoms with Gasteiger partial charge in [-0.2, -0.15) is 5.26 Å². The fourth-order valence-electron chi connectivity index (χ4n) is 3.47. The van der Waals surface area contributed by atoms with Gasteiger partial charge in [0.2, 0.25) is 0 Å². The Kier molecular flexibility index (Phi) is 8.05. The number of esters is 1. The fourth-order valence-corrected chi connectivity index (χ4v) is 3.47. The van der Waals surface area contributed by atoms with Crippen LogP contribution in [0.15, 0.2) is 53.5 Å². The van der Waals surface area contributed by atoms with Gasteiger partial charge < -0.3 is 16.2 Å². The highest BCUT2D eigenvalue weighted by molar-refractivity contribution is 5.85. The molecule has 1 aliphatic carbocycles. The minimum Gasteiger partial charge on any atom is -0.426 e. The van der Waals surface area contributed by atoms with Crippen molar-refractivity contribution in [1.29, 1.82) is 5.26 Å². The Morgan fingerprint density at radius 3 is 2.07 bits per heavy atom. The lowest BCUT2D eigenvalue weighted by Crippen LogP contribution is -2.28. The zero-order valence-corrected chi connectivity index (χ0v) is 16.9. The number of nitrogens with two attached hydrogens (primary N) is 2. The van der Waals surface area contributed by atoms with Crippen molar-refractivity contribution in [3.8, 4) is 22.9 Å². The van der Waals surface area contributed by atoms with Crippen LogP contribution in [0.5, 0.6) is 5.75 Å². The molecule has 2 aromatic carbocycles. The van der Waals surface area contributed by atoms with E-state index in [0.29, 0.717) is 23.8 Å². The molecular formula is C22H25ClN4O2. The molecule has 0 unspecified atom stereocenters. The highest BCUT2D eigenvalue weighted by Crippen LogP contribution is 2.30. The maximum absolute atomic E-state index is 12.4. The van der Waals surface area contributed by atoms with Gasteiger partial charge in [0.15, 0.2) is 5.96 Å². The van der Waals surface area contributed by atoms with E-state index in [2.05, 4.69) is 11.1 Å². The summed E-state index contributed by atoms with van der Waals surface area (Å²) in [6, 6.07) is 16.9. The largest absolute Gasteiger partial charge is 0.426 e. The Bertz CT molecular complexity index is 877. The second kappa shape index (κ2) is 10.5. The highest BCUT2D eigenvalue weighted by atomic mass is 35.5. The number of aliphatic imine (C=N–C) groups is 1. The second-order valence-electron chi connectivity index (χ2n) is 7.12. The molecular weight excluding hydrogens is 388 g/mol. The van der Waals surface area contributed by atoms with E-state index >= 15 is 0 Å². The van der Waals surface area contributed by atoms with Crippen molar-refractivity contribution >= 4 is 24.3 Å². The average molecular weight is 413 g/mol. The summed E-state index contributed by atoms with van der Waals surface area (Å²) in [5.74, 6) is 0.842. The molecule has 0 aromatic heterocycles. The van der Waals surface area contributed by atoms with Crippen molar-refractivity contribution in [3.05, 3.63) is 54.1 Å². The molecule has 0 radical (unpaired) electrons. The van der Waals surface area contributed by atoms with Crippen molar-refractivity contribution in [2.45, 2.75) is 25.7 Å². The third-order valence-electron chi connectivity index (χ3n) is 5.13. The molecule has 0 bridgehead atoms. The van der Waals surface area contributed by atoms with Gasteiger partial charge in [-0.05, 0) is 67.0 Å². The van der Waals surface area contributed by atoms with Crippen LogP contribution < -0.4 is 16.2 Å². The summed E-state index contributed by atoms with van der Waals surface area (Å²) in [7, 11) is 0. The first-order valence-corrected chi connectivity index (χ1v) is 9.43. The first kappa shape index (κ1) is 22.3. The number of halogens is 1. The molecule has 0 atom stereocenters. The van der Waals surface area contributed by atoms with E-state index in [1.54, 1.807) is 24.3 Å². The molecule has 0 amide bonds. The lowest BCUT2D eigenvalue weighted by atomic mass is 9.82.